The molecule has 0 aromatic carbocycles. The van der Waals surface area contributed by atoms with Crippen LogP contribution in [0.2, 0.25) is 0 Å². The lowest BCUT2D eigenvalue weighted by molar-refractivity contribution is 0.0733. The van der Waals surface area contributed by atoms with Crippen LogP contribution in [0, 0.1) is 11.8 Å². The summed E-state index contributed by atoms with van der Waals surface area (Å²) < 4.78 is 5.44. The number of rotatable bonds is 1. The third kappa shape index (κ3) is 1.02. The molecular formula is C10H16O. The number of hydrogen-bond acceptors (Lipinski definition) is 1. The molecule has 0 radical (unpaired) electrons. The van der Waals surface area contributed by atoms with Gasteiger partial charge in [0.15, 0.2) is 0 Å². The quantitative estimate of drug-likeness (QED) is 0.524. The first-order valence-corrected chi connectivity index (χ1v) is 4.53. The van der Waals surface area contributed by atoms with E-state index in [1.54, 1.807) is 5.57 Å². The van der Waals surface area contributed by atoms with E-state index in [2.05, 4.69) is 13.0 Å². The van der Waals surface area contributed by atoms with E-state index >= 15 is 0 Å². The maximum Gasteiger partial charge on any atom is 0.0639 e. The minimum atomic E-state index is 0.542. The first-order valence-electron chi connectivity index (χ1n) is 4.53. The Morgan fingerprint density at radius 3 is 2.82 bits per heavy atom. The monoisotopic (exact) mass is 152 g/mol. The Morgan fingerprint density at radius 1 is 1.45 bits per heavy atom. The van der Waals surface area contributed by atoms with Crippen LogP contribution in [0.3, 0.4) is 0 Å². The summed E-state index contributed by atoms with van der Waals surface area (Å²) in [7, 11) is 1.85. The minimum Gasteiger partial charge on any atom is -0.381 e. The van der Waals surface area contributed by atoms with Crippen LogP contribution in [0.5, 0.6) is 0 Å². The average Bonchev–Trinajstić information content (AvgIpc) is 2.60. The fourth-order valence-electron chi connectivity index (χ4n) is 2.73. The van der Waals surface area contributed by atoms with Gasteiger partial charge in [0, 0.05) is 13.0 Å². The largest absolute Gasteiger partial charge is 0.381 e. The molecule has 0 aromatic rings. The minimum absolute atomic E-state index is 0.542. The fourth-order valence-corrected chi connectivity index (χ4v) is 2.73. The fraction of sp³-hybridized carbons (Fsp3) is 0.800. The van der Waals surface area contributed by atoms with Crippen LogP contribution < -0.4 is 0 Å². The molecule has 1 heteroatoms. The normalized spacial score (nSPS) is 45.6. The van der Waals surface area contributed by atoms with Gasteiger partial charge < -0.3 is 4.74 Å². The van der Waals surface area contributed by atoms with E-state index in [0.29, 0.717) is 6.10 Å². The average molecular weight is 152 g/mol. The number of ether oxygens (including phenoxy) is 1. The van der Waals surface area contributed by atoms with Crippen LogP contribution in [-0.4, -0.2) is 13.2 Å². The molecule has 0 aromatic heterocycles. The molecule has 2 bridgehead atoms. The highest BCUT2D eigenvalue weighted by atomic mass is 16.5. The van der Waals surface area contributed by atoms with Gasteiger partial charge in [-0.2, -0.15) is 0 Å². The lowest BCUT2D eigenvalue weighted by Crippen LogP contribution is -2.20. The Kier molecular flexibility index (Phi) is 1.76. The first-order chi connectivity index (χ1) is 5.35. The predicted molar refractivity (Wildman–Crippen MR) is 45.4 cm³/mol. The second kappa shape index (κ2) is 2.63. The topological polar surface area (TPSA) is 9.23 Å². The summed E-state index contributed by atoms with van der Waals surface area (Å²) in [6.07, 6.45) is 6.87. The molecule has 0 aliphatic heterocycles. The van der Waals surface area contributed by atoms with Crippen molar-refractivity contribution in [3.8, 4) is 0 Å². The smallest absolute Gasteiger partial charge is 0.0639 e. The Labute approximate surface area is 68.4 Å². The summed E-state index contributed by atoms with van der Waals surface area (Å²) in [4.78, 5) is 0. The van der Waals surface area contributed by atoms with Crippen LogP contribution in [0.4, 0.5) is 0 Å². The van der Waals surface area contributed by atoms with Crippen molar-refractivity contribution >= 4 is 0 Å². The summed E-state index contributed by atoms with van der Waals surface area (Å²) in [6, 6.07) is 0. The Hall–Kier alpha value is -0.300. The van der Waals surface area contributed by atoms with E-state index in [-0.39, 0.29) is 0 Å². The molecule has 3 atom stereocenters. The highest BCUT2D eigenvalue weighted by Crippen LogP contribution is 2.48. The molecule has 2 rings (SSSR count). The van der Waals surface area contributed by atoms with Crippen LogP contribution in [0.15, 0.2) is 11.6 Å². The van der Waals surface area contributed by atoms with E-state index < -0.39 is 0 Å². The third-order valence-corrected chi connectivity index (χ3v) is 3.28. The number of allylic oxidation sites excluding steroid dienone is 1. The van der Waals surface area contributed by atoms with Gasteiger partial charge in [0.05, 0.1) is 6.10 Å². The first kappa shape index (κ1) is 7.35. The SMILES string of the molecule is CC=C1CC2CC(OC)C1C2. The van der Waals surface area contributed by atoms with Crippen LogP contribution in [-0.2, 0) is 4.74 Å². The molecule has 1 nitrogen and oxygen atoms in total. The van der Waals surface area contributed by atoms with E-state index in [0.717, 1.165) is 11.8 Å². The van der Waals surface area contributed by atoms with Gasteiger partial charge in [0.1, 0.15) is 0 Å². The lowest BCUT2D eigenvalue weighted by atomic mass is 9.92. The molecule has 0 heterocycles. The molecule has 11 heavy (non-hydrogen) atoms. The Balaban J connectivity index is 2.14. The van der Waals surface area contributed by atoms with Crippen molar-refractivity contribution in [2.24, 2.45) is 11.8 Å². The van der Waals surface area contributed by atoms with Crippen LogP contribution in [0.25, 0.3) is 0 Å². The second-order valence-electron chi connectivity index (χ2n) is 3.79. The van der Waals surface area contributed by atoms with Crippen molar-refractivity contribution in [3.63, 3.8) is 0 Å². The van der Waals surface area contributed by atoms with Gasteiger partial charge in [-0.1, -0.05) is 11.6 Å². The molecular weight excluding hydrogens is 136 g/mol. The second-order valence-corrected chi connectivity index (χ2v) is 3.79. The molecule has 2 aliphatic carbocycles. The number of methoxy groups -OCH3 is 1. The number of fused-ring (bicyclic) bond motifs is 2. The Bertz CT molecular complexity index is 183. The molecule has 0 N–H and O–H groups in total. The van der Waals surface area contributed by atoms with Crippen molar-refractivity contribution in [2.75, 3.05) is 7.11 Å². The van der Waals surface area contributed by atoms with Gasteiger partial charge in [-0.15, -0.1) is 0 Å². The van der Waals surface area contributed by atoms with Gasteiger partial charge >= 0.3 is 0 Å². The summed E-state index contributed by atoms with van der Waals surface area (Å²) in [6.45, 7) is 2.16. The number of hydrogen-bond donors (Lipinski definition) is 0. The van der Waals surface area contributed by atoms with Crippen molar-refractivity contribution in [1.29, 1.82) is 0 Å². The highest BCUT2D eigenvalue weighted by Gasteiger charge is 2.42. The summed E-state index contributed by atoms with van der Waals surface area (Å²) >= 11 is 0. The zero-order valence-corrected chi connectivity index (χ0v) is 7.34. The van der Waals surface area contributed by atoms with Gasteiger partial charge in [-0.3, -0.25) is 0 Å². The third-order valence-electron chi connectivity index (χ3n) is 3.28. The zero-order chi connectivity index (χ0) is 7.84. The van der Waals surface area contributed by atoms with Crippen LogP contribution >= 0.6 is 0 Å². The van der Waals surface area contributed by atoms with Gasteiger partial charge in [0.2, 0.25) is 0 Å². The van der Waals surface area contributed by atoms with Gasteiger partial charge in [0.25, 0.3) is 0 Å². The molecule has 2 aliphatic rings. The maximum atomic E-state index is 5.44. The molecule has 62 valence electrons. The molecule has 0 saturated heterocycles. The van der Waals surface area contributed by atoms with Crippen molar-refractivity contribution in [2.45, 2.75) is 32.3 Å². The molecule has 2 saturated carbocycles. The van der Waals surface area contributed by atoms with Crippen molar-refractivity contribution in [1.82, 2.24) is 0 Å². The lowest BCUT2D eigenvalue weighted by Gasteiger charge is -2.22. The standard InChI is InChI=1S/C10H16O/c1-3-8-4-7-5-9(8)10(6-7)11-2/h3,7,9-10H,4-6H2,1-2H3. The van der Waals surface area contributed by atoms with E-state index in [1.807, 2.05) is 7.11 Å². The summed E-state index contributed by atoms with van der Waals surface area (Å²) in [5.74, 6) is 1.71. The van der Waals surface area contributed by atoms with E-state index in [4.69, 9.17) is 4.74 Å². The zero-order valence-electron chi connectivity index (χ0n) is 7.34. The highest BCUT2D eigenvalue weighted by molar-refractivity contribution is 5.18. The Morgan fingerprint density at radius 2 is 2.27 bits per heavy atom. The summed E-state index contributed by atoms with van der Waals surface area (Å²) in [5.41, 5.74) is 1.65. The van der Waals surface area contributed by atoms with E-state index in [1.165, 1.54) is 19.3 Å². The summed E-state index contributed by atoms with van der Waals surface area (Å²) in [5, 5.41) is 0. The van der Waals surface area contributed by atoms with Crippen molar-refractivity contribution in [3.05, 3.63) is 11.6 Å². The molecule has 3 unspecified atom stereocenters. The van der Waals surface area contributed by atoms with Gasteiger partial charge in [-0.25, -0.2) is 0 Å². The molecule has 0 spiro atoms. The van der Waals surface area contributed by atoms with Gasteiger partial charge in [-0.05, 0) is 32.1 Å². The molecule has 0 amide bonds. The molecule has 2 fully saturated rings. The van der Waals surface area contributed by atoms with E-state index in [9.17, 15) is 0 Å². The maximum absolute atomic E-state index is 5.44. The predicted octanol–water partition coefficient (Wildman–Crippen LogP) is 2.38. The van der Waals surface area contributed by atoms with Crippen LogP contribution in [0.1, 0.15) is 26.2 Å². The van der Waals surface area contributed by atoms with Crippen molar-refractivity contribution < 1.29 is 4.74 Å².